The molecule has 0 aromatic rings. The molecule has 0 saturated carbocycles. The molecule has 0 bridgehead atoms. The van der Waals surface area contributed by atoms with Crippen molar-refractivity contribution >= 4 is 0 Å². The van der Waals surface area contributed by atoms with E-state index in [9.17, 15) is 0 Å². The van der Waals surface area contributed by atoms with E-state index in [2.05, 4.69) is 5.32 Å². The molecular weight excluding hydrogens is 140 g/mol. The molecule has 0 radical (unpaired) electrons. The lowest BCUT2D eigenvalue weighted by molar-refractivity contribution is 0.732. The van der Waals surface area contributed by atoms with Gasteiger partial charge in [0.05, 0.1) is 0 Å². The monoisotopic (exact) mass is 156 g/mol. The molecule has 4 heteroatoms. The van der Waals surface area contributed by atoms with Gasteiger partial charge >= 0.3 is 0 Å². The third-order valence-electron chi connectivity index (χ3n) is 1.07. The topological polar surface area (TPSA) is 90.1 Å². The number of nitrogens with one attached hydrogen (secondary N) is 1. The van der Waals surface area contributed by atoms with Gasteiger partial charge in [0, 0.05) is 25.3 Å². The molecular formula is C7H16N4. The summed E-state index contributed by atoms with van der Waals surface area (Å²) in [5, 5.41) is 3.05. The molecule has 0 unspecified atom stereocenters. The van der Waals surface area contributed by atoms with Crippen molar-refractivity contribution in [3.8, 4) is 0 Å². The fraction of sp³-hybridized carbons (Fsp3) is 0.429. The van der Waals surface area contributed by atoms with Gasteiger partial charge in [-0.25, -0.2) is 0 Å². The highest BCUT2D eigenvalue weighted by molar-refractivity contribution is 5.09. The highest BCUT2D eigenvalue weighted by Gasteiger charge is 1.85. The quantitative estimate of drug-likeness (QED) is 0.299. The molecule has 0 aliphatic heterocycles. The first-order chi connectivity index (χ1) is 5.31. The first kappa shape index (κ1) is 10.0. The molecule has 0 aromatic carbocycles. The van der Waals surface area contributed by atoms with E-state index in [1.54, 1.807) is 12.2 Å². The molecule has 64 valence electrons. The van der Waals surface area contributed by atoms with Crippen LogP contribution in [0.5, 0.6) is 0 Å². The van der Waals surface area contributed by atoms with Crippen LogP contribution in [-0.4, -0.2) is 19.6 Å². The minimum atomic E-state index is 0.625. The minimum Gasteiger partial charge on any atom is -0.405 e. The second-order valence-corrected chi connectivity index (χ2v) is 2.09. The maximum absolute atomic E-state index is 5.55. The summed E-state index contributed by atoms with van der Waals surface area (Å²) in [7, 11) is 0. The van der Waals surface area contributed by atoms with Gasteiger partial charge in [0.15, 0.2) is 0 Å². The van der Waals surface area contributed by atoms with E-state index in [1.165, 1.54) is 6.20 Å². The molecule has 4 nitrogen and oxygen atoms in total. The van der Waals surface area contributed by atoms with Gasteiger partial charge in [-0.1, -0.05) is 0 Å². The zero-order valence-corrected chi connectivity index (χ0v) is 6.59. The third-order valence-corrected chi connectivity index (χ3v) is 1.07. The normalized spacial score (nSPS) is 12.6. The Morgan fingerprint density at radius 3 is 2.73 bits per heavy atom. The smallest absolute Gasteiger partial charge is 0.0352 e. The van der Waals surface area contributed by atoms with Crippen molar-refractivity contribution in [2.45, 2.75) is 0 Å². The Morgan fingerprint density at radius 2 is 2.18 bits per heavy atom. The Hall–Kier alpha value is -1.00. The summed E-state index contributed by atoms with van der Waals surface area (Å²) in [5.41, 5.74) is 16.7. The Labute approximate surface area is 67.1 Å². The van der Waals surface area contributed by atoms with Crippen molar-refractivity contribution in [1.29, 1.82) is 0 Å². The maximum atomic E-state index is 5.55. The molecule has 0 spiro atoms. The summed E-state index contributed by atoms with van der Waals surface area (Å²) in [6.07, 6.45) is 4.89. The van der Waals surface area contributed by atoms with Crippen LogP contribution >= 0.6 is 0 Å². The lowest BCUT2D eigenvalue weighted by Gasteiger charge is -2.01. The van der Waals surface area contributed by atoms with E-state index in [0.717, 1.165) is 12.2 Å². The van der Waals surface area contributed by atoms with Crippen LogP contribution in [0.2, 0.25) is 0 Å². The number of hydrogen-bond acceptors (Lipinski definition) is 4. The van der Waals surface area contributed by atoms with Gasteiger partial charge < -0.3 is 22.5 Å². The predicted octanol–water partition coefficient (Wildman–Crippen LogP) is -1.15. The Morgan fingerprint density at radius 1 is 1.45 bits per heavy atom. The molecule has 0 saturated heterocycles. The highest BCUT2D eigenvalue weighted by atomic mass is 14.9. The third kappa shape index (κ3) is 6.89. The van der Waals surface area contributed by atoms with Crippen LogP contribution in [0.3, 0.4) is 0 Å². The van der Waals surface area contributed by atoms with Crippen molar-refractivity contribution in [2.75, 3.05) is 19.6 Å². The average molecular weight is 156 g/mol. The second-order valence-electron chi connectivity index (χ2n) is 2.09. The minimum absolute atomic E-state index is 0.625. The SMILES string of the molecule is N/C=C/C=C(\N)CNCCN. The number of rotatable bonds is 5. The zero-order valence-electron chi connectivity index (χ0n) is 6.59. The standard InChI is InChI=1S/C7H16N4/c8-3-1-2-7(10)6-11-5-4-9/h1-3,11H,4-6,8-10H2/b3-1+,7-2-. The molecule has 0 aromatic heterocycles. The average Bonchev–Trinajstić information content (AvgIpc) is 2.01. The molecule has 0 amide bonds. The van der Waals surface area contributed by atoms with Gasteiger partial charge in [-0.15, -0.1) is 0 Å². The predicted molar refractivity (Wildman–Crippen MR) is 47.5 cm³/mol. The second kappa shape index (κ2) is 7.11. The molecule has 0 atom stereocenters. The number of nitrogens with two attached hydrogens (primary N) is 3. The van der Waals surface area contributed by atoms with E-state index in [0.29, 0.717) is 13.1 Å². The molecule has 7 N–H and O–H groups in total. The van der Waals surface area contributed by atoms with Crippen molar-refractivity contribution < 1.29 is 0 Å². The molecule has 0 aliphatic carbocycles. The molecule has 0 heterocycles. The summed E-state index contributed by atoms with van der Waals surface area (Å²) >= 11 is 0. The van der Waals surface area contributed by atoms with Crippen LogP contribution in [0.1, 0.15) is 0 Å². The van der Waals surface area contributed by atoms with E-state index < -0.39 is 0 Å². The van der Waals surface area contributed by atoms with Gasteiger partial charge in [-0.05, 0) is 18.4 Å². The van der Waals surface area contributed by atoms with Gasteiger partial charge in [0.2, 0.25) is 0 Å². The highest BCUT2D eigenvalue weighted by Crippen LogP contribution is 1.80. The van der Waals surface area contributed by atoms with Crippen molar-refractivity contribution in [3.63, 3.8) is 0 Å². The van der Waals surface area contributed by atoms with Gasteiger partial charge in [-0.3, -0.25) is 0 Å². The van der Waals surface area contributed by atoms with Gasteiger partial charge in [0.1, 0.15) is 0 Å². The summed E-state index contributed by atoms with van der Waals surface area (Å²) in [4.78, 5) is 0. The number of hydrogen-bond donors (Lipinski definition) is 4. The summed E-state index contributed by atoms with van der Waals surface area (Å²) < 4.78 is 0. The van der Waals surface area contributed by atoms with Crippen LogP contribution in [0.25, 0.3) is 0 Å². The van der Waals surface area contributed by atoms with Crippen LogP contribution < -0.4 is 22.5 Å². The lowest BCUT2D eigenvalue weighted by Crippen LogP contribution is -2.26. The van der Waals surface area contributed by atoms with E-state index >= 15 is 0 Å². The van der Waals surface area contributed by atoms with Gasteiger partial charge in [-0.2, -0.15) is 0 Å². The summed E-state index contributed by atoms with van der Waals surface area (Å²) in [6.45, 7) is 2.06. The van der Waals surface area contributed by atoms with Crippen LogP contribution in [0, 0.1) is 0 Å². The van der Waals surface area contributed by atoms with Crippen molar-refractivity contribution in [1.82, 2.24) is 5.32 Å². The van der Waals surface area contributed by atoms with Crippen LogP contribution in [-0.2, 0) is 0 Å². The first-order valence-corrected chi connectivity index (χ1v) is 3.55. The largest absolute Gasteiger partial charge is 0.405 e. The lowest BCUT2D eigenvalue weighted by atomic mass is 10.4. The summed E-state index contributed by atoms with van der Waals surface area (Å²) in [6, 6.07) is 0. The molecule has 0 fully saturated rings. The van der Waals surface area contributed by atoms with E-state index in [1.807, 2.05) is 0 Å². The summed E-state index contributed by atoms with van der Waals surface area (Å²) in [5.74, 6) is 0. The molecule has 0 rings (SSSR count). The zero-order chi connectivity index (χ0) is 8.53. The van der Waals surface area contributed by atoms with E-state index in [-0.39, 0.29) is 0 Å². The fourth-order valence-corrected chi connectivity index (χ4v) is 0.573. The fourth-order valence-electron chi connectivity index (χ4n) is 0.573. The van der Waals surface area contributed by atoms with Crippen LogP contribution in [0.4, 0.5) is 0 Å². The first-order valence-electron chi connectivity index (χ1n) is 3.55. The van der Waals surface area contributed by atoms with Crippen molar-refractivity contribution in [2.24, 2.45) is 17.2 Å². The Bertz CT molecular complexity index is 139. The van der Waals surface area contributed by atoms with Crippen molar-refractivity contribution in [3.05, 3.63) is 24.0 Å². The Kier molecular flexibility index (Phi) is 6.46. The molecule has 0 aliphatic rings. The number of allylic oxidation sites excluding steroid dienone is 2. The maximum Gasteiger partial charge on any atom is 0.0352 e. The van der Waals surface area contributed by atoms with Gasteiger partial charge in [0.25, 0.3) is 0 Å². The van der Waals surface area contributed by atoms with E-state index in [4.69, 9.17) is 17.2 Å². The molecule has 11 heavy (non-hydrogen) atoms. The Balaban J connectivity index is 3.42. The van der Waals surface area contributed by atoms with Crippen LogP contribution in [0.15, 0.2) is 24.0 Å².